The fourth-order valence-corrected chi connectivity index (χ4v) is 0.546. The third kappa shape index (κ3) is 5.07. The molecule has 0 aliphatic rings. The second-order valence-corrected chi connectivity index (χ2v) is 1.97. The first kappa shape index (κ1) is 8.21. The summed E-state index contributed by atoms with van der Waals surface area (Å²) in [5.41, 5.74) is 0.812. The first-order chi connectivity index (χ1) is 4.31. The van der Waals surface area contributed by atoms with E-state index < -0.39 is 0 Å². The minimum Gasteiger partial charge on any atom is -0.333 e. The molecule has 0 aliphatic heterocycles. The maximum Gasteiger partial charge on any atom is 0.211 e. The van der Waals surface area contributed by atoms with Gasteiger partial charge >= 0.3 is 0 Å². The normalized spacial score (nSPS) is 8.56. The van der Waals surface area contributed by atoms with Crippen LogP contribution in [0, 0.1) is 0 Å². The lowest BCUT2D eigenvalue weighted by atomic mass is 10.2. The van der Waals surface area contributed by atoms with Crippen LogP contribution in [-0.2, 0) is 4.79 Å². The van der Waals surface area contributed by atoms with Crippen molar-refractivity contribution in [2.24, 2.45) is 0 Å². The number of nitrogens with one attached hydrogen (secondary N) is 1. The van der Waals surface area contributed by atoms with Crippen LogP contribution in [-0.4, -0.2) is 6.41 Å². The van der Waals surface area contributed by atoms with Crippen LogP contribution in [0.3, 0.4) is 0 Å². The molecule has 52 valence electrons. The van der Waals surface area contributed by atoms with Crippen LogP contribution >= 0.6 is 0 Å². The Balaban J connectivity index is 3.16. The number of hydrogen-bond acceptors (Lipinski definition) is 1. The van der Waals surface area contributed by atoms with Gasteiger partial charge < -0.3 is 5.32 Å². The van der Waals surface area contributed by atoms with Crippen molar-refractivity contribution in [1.82, 2.24) is 5.32 Å². The molecule has 0 aromatic carbocycles. The molecule has 0 heterocycles. The van der Waals surface area contributed by atoms with Gasteiger partial charge in [-0.1, -0.05) is 19.9 Å². The van der Waals surface area contributed by atoms with Crippen LogP contribution < -0.4 is 5.32 Å². The zero-order valence-electron chi connectivity index (χ0n) is 5.81. The van der Waals surface area contributed by atoms with E-state index >= 15 is 0 Å². The first-order valence-electron chi connectivity index (χ1n) is 3.19. The zero-order chi connectivity index (χ0) is 7.11. The molecule has 0 fully saturated rings. The molecule has 9 heavy (non-hydrogen) atoms. The quantitative estimate of drug-likeness (QED) is 0.556. The molecule has 2 heteroatoms. The summed E-state index contributed by atoms with van der Waals surface area (Å²) >= 11 is 0. The number of allylic oxidation sites excluding steroid dienone is 1. The Kier molecular flexibility index (Phi) is 4.88. The van der Waals surface area contributed by atoms with E-state index in [1.807, 2.05) is 0 Å². The molecule has 0 aromatic heterocycles. The van der Waals surface area contributed by atoms with Crippen LogP contribution in [0.2, 0.25) is 0 Å². The van der Waals surface area contributed by atoms with Crippen molar-refractivity contribution in [3.8, 4) is 0 Å². The van der Waals surface area contributed by atoms with Crippen molar-refractivity contribution in [3.63, 3.8) is 0 Å². The Bertz CT molecular complexity index is 99.1. The van der Waals surface area contributed by atoms with Gasteiger partial charge in [0.25, 0.3) is 0 Å². The monoisotopic (exact) mass is 127 g/mol. The molecule has 0 rings (SSSR count). The summed E-state index contributed by atoms with van der Waals surface area (Å²) < 4.78 is 0. The van der Waals surface area contributed by atoms with Gasteiger partial charge in [-0.25, -0.2) is 0 Å². The van der Waals surface area contributed by atoms with Crippen molar-refractivity contribution in [3.05, 3.63) is 12.3 Å². The van der Waals surface area contributed by atoms with Crippen LogP contribution in [0.1, 0.15) is 26.2 Å². The van der Waals surface area contributed by atoms with Gasteiger partial charge in [-0.3, -0.25) is 4.79 Å². The average molecular weight is 127 g/mol. The topological polar surface area (TPSA) is 29.1 Å². The van der Waals surface area contributed by atoms with Crippen molar-refractivity contribution in [2.75, 3.05) is 0 Å². The summed E-state index contributed by atoms with van der Waals surface area (Å²) in [5.74, 6) is 0. The molecule has 0 saturated heterocycles. The maximum absolute atomic E-state index is 9.81. The smallest absolute Gasteiger partial charge is 0.211 e. The largest absolute Gasteiger partial charge is 0.333 e. The summed E-state index contributed by atoms with van der Waals surface area (Å²) in [6, 6.07) is 0. The number of unbranched alkanes of at least 4 members (excludes halogenated alkanes) is 1. The molecule has 1 N–H and O–H groups in total. The lowest BCUT2D eigenvalue weighted by Gasteiger charge is -1.99. The first-order valence-corrected chi connectivity index (χ1v) is 3.19. The Hall–Kier alpha value is -0.790. The second-order valence-electron chi connectivity index (χ2n) is 1.97. The highest BCUT2D eigenvalue weighted by molar-refractivity contribution is 5.49. The summed E-state index contributed by atoms with van der Waals surface area (Å²) in [6.45, 7) is 5.74. The fourth-order valence-electron chi connectivity index (χ4n) is 0.546. The molecule has 0 atom stereocenters. The zero-order valence-corrected chi connectivity index (χ0v) is 5.81. The minimum absolute atomic E-state index is 0.665. The van der Waals surface area contributed by atoms with E-state index in [1.54, 1.807) is 0 Å². The highest BCUT2D eigenvalue weighted by Crippen LogP contribution is 1.99. The molecule has 0 radical (unpaired) electrons. The molecule has 0 aliphatic carbocycles. The van der Waals surface area contributed by atoms with Crippen molar-refractivity contribution >= 4 is 6.41 Å². The highest BCUT2D eigenvalue weighted by Gasteiger charge is 1.88. The van der Waals surface area contributed by atoms with Gasteiger partial charge in [0.2, 0.25) is 6.41 Å². The molecule has 1 amide bonds. The Morgan fingerprint density at radius 3 is 2.89 bits per heavy atom. The summed E-state index contributed by atoms with van der Waals surface area (Å²) in [5, 5.41) is 2.51. The van der Waals surface area contributed by atoms with E-state index in [-0.39, 0.29) is 0 Å². The molecular formula is C7H13NO. The summed E-state index contributed by atoms with van der Waals surface area (Å²) in [4.78, 5) is 9.81. The molecule has 0 aromatic rings. The number of amides is 1. The Morgan fingerprint density at radius 1 is 1.78 bits per heavy atom. The number of carbonyl (C=O) groups excluding carboxylic acids is 1. The molecular weight excluding hydrogens is 114 g/mol. The SMILES string of the molecule is C=C(CCCC)NC=O. The predicted molar refractivity (Wildman–Crippen MR) is 37.9 cm³/mol. The van der Waals surface area contributed by atoms with E-state index in [1.165, 1.54) is 0 Å². The van der Waals surface area contributed by atoms with Crippen LogP contribution in [0.4, 0.5) is 0 Å². The fraction of sp³-hybridized carbons (Fsp3) is 0.571. The van der Waals surface area contributed by atoms with E-state index in [0.29, 0.717) is 6.41 Å². The molecule has 0 bridgehead atoms. The Morgan fingerprint density at radius 2 is 2.44 bits per heavy atom. The van der Waals surface area contributed by atoms with E-state index in [2.05, 4.69) is 18.8 Å². The van der Waals surface area contributed by atoms with Gasteiger partial charge in [-0.05, 0) is 12.8 Å². The predicted octanol–water partition coefficient (Wildman–Crippen LogP) is 1.44. The third-order valence-electron chi connectivity index (χ3n) is 1.10. The van der Waals surface area contributed by atoms with E-state index in [4.69, 9.17) is 0 Å². The van der Waals surface area contributed by atoms with Crippen molar-refractivity contribution in [2.45, 2.75) is 26.2 Å². The average Bonchev–Trinajstić information content (AvgIpc) is 1.85. The van der Waals surface area contributed by atoms with Gasteiger partial charge in [0, 0.05) is 5.70 Å². The minimum atomic E-state index is 0.665. The van der Waals surface area contributed by atoms with Gasteiger partial charge in [-0.2, -0.15) is 0 Å². The second kappa shape index (κ2) is 5.35. The van der Waals surface area contributed by atoms with Crippen molar-refractivity contribution in [1.29, 1.82) is 0 Å². The maximum atomic E-state index is 9.81. The van der Waals surface area contributed by atoms with Gasteiger partial charge in [0.15, 0.2) is 0 Å². The van der Waals surface area contributed by atoms with Crippen molar-refractivity contribution < 1.29 is 4.79 Å². The number of carbonyl (C=O) groups is 1. The lowest BCUT2D eigenvalue weighted by molar-refractivity contribution is -0.108. The van der Waals surface area contributed by atoms with Gasteiger partial charge in [0.05, 0.1) is 0 Å². The van der Waals surface area contributed by atoms with E-state index in [9.17, 15) is 4.79 Å². The standard InChI is InChI=1S/C7H13NO/c1-3-4-5-7(2)8-6-9/h6H,2-5H2,1H3,(H,8,9). The summed E-state index contributed by atoms with van der Waals surface area (Å²) in [7, 11) is 0. The third-order valence-corrected chi connectivity index (χ3v) is 1.10. The van der Waals surface area contributed by atoms with Crippen LogP contribution in [0.15, 0.2) is 12.3 Å². The molecule has 0 unspecified atom stereocenters. The number of rotatable bonds is 5. The highest BCUT2D eigenvalue weighted by atomic mass is 16.1. The van der Waals surface area contributed by atoms with Gasteiger partial charge in [-0.15, -0.1) is 0 Å². The van der Waals surface area contributed by atoms with Crippen LogP contribution in [0.25, 0.3) is 0 Å². The van der Waals surface area contributed by atoms with E-state index in [0.717, 1.165) is 25.0 Å². The molecule has 2 nitrogen and oxygen atoms in total. The molecule has 0 saturated carbocycles. The Labute approximate surface area is 56.0 Å². The lowest BCUT2D eigenvalue weighted by Crippen LogP contribution is -2.08. The summed E-state index contributed by atoms with van der Waals surface area (Å²) in [6.07, 6.45) is 3.80. The van der Waals surface area contributed by atoms with Crippen LogP contribution in [0.5, 0.6) is 0 Å². The number of hydrogen-bond donors (Lipinski definition) is 1. The molecule has 0 spiro atoms. The van der Waals surface area contributed by atoms with Gasteiger partial charge in [0.1, 0.15) is 0 Å².